The van der Waals surface area contributed by atoms with Gasteiger partial charge < -0.3 is 35.2 Å². The number of aromatic nitrogens is 1. The maximum atomic E-state index is 12.1. The monoisotopic (exact) mass is 415 g/mol. The maximum Gasteiger partial charge on any atom is 0.407 e. The van der Waals surface area contributed by atoms with E-state index in [0.717, 1.165) is 18.6 Å². The Morgan fingerprint density at radius 3 is 2.14 bits per heavy atom. The number of nitrogens with zero attached hydrogens (tertiary/aromatic N) is 1. The van der Waals surface area contributed by atoms with Crippen LogP contribution in [0.25, 0.3) is 0 Å². The van der Waals surface area contributed by atoms with Crippen molar-refractivity contribution in [2.24, 2.45) is 11.3 Å². The maximum absolute atomic E-state index is 12.1. The van der Waals surface area contributed by atoms with Crippen LogP contribution >= 0.6 is 0 Å². The van der Waals surface area contributed by atoms with E-state index < -0.39 is 35.8 Å². The van der Waals surface area contributed by atoms with Crippen molar-refractivity contribution in [3.05, 3.63) is 12.1 Å². The normalized spacial score (nSPS) is 12.0. The molecule has 1 atom stereocenters. The Labute approximate surface area is 168 Å². The molecule has 2 amide bonds. The molecule has 0 saturated heterocycles. The lowest BCUT2D eigenvalue weighted by atomic mass is 9.92. The molecular formula is C18H29N3O8. The van der Waals surface area contributed by atoms with Gasteiger partial charge in [-0.05, 0) is 11.8 Å². The minimum absolute atomic E-state index is 0.0521. The van der Waals surface area contributed by atoms with E-state index in [1.165, 1.54) is 7.05 Å². The first-order valence-electron chi connectivity index (χ1n) is 9.08. The van der Waals surface area contributed by atoms with Crippen molar-refractivity contribution in [1.82, 2.24) is 15.4 Å². The summed E-state index contributed by atoms with van der Waals surface area (Å²) in [4.78, 5) is 40.0. The Hall–Kier alpha value is -3.11. The number of aromatic hydroxyl groups is 2. The molecule has 1 rings (SSSR count). The SMILES string of the molecule is CNC(=O)OCC(COC(=O)NCCC(C)(C)C)CC(=O)On1c(O)ccc1O. The molecule has 0 saturated carbocycles. The van der Waals surface area contributed by atoms with Gasteiger partial charge in [-0.15, -0.1) is 4.73 Å². The molecule has 0 bridgehead atoms. The molecule has 1 heterocycles. The Kier molecular flexibility index (Phi) is 9.10. The van der Waals surface area contributed by atoms with Crippen molar-refractivity contribution in [2.75, 3.05) is 26.8 Å². The lowest BCUT2D eigenvalue weighted by Gasteiger charge is -2.19. The van der Waals surface area contributed by atoms with Gasteiger partial charge in [0.25, 0.3) is 0 Å². The number of amides is 2. The highest BCUT2D eigenvalue weighted by molar-refractivity contribution is 5.71. The van der Waals surface area contributed by atoms with Crippen molar-refractivity contribution in [3.8, 4) is 11.8 Å². The average molecular weight is 415 g/mol. The van der Waals surface area contributed by atoms with E-state index in [9.17, 15) is 24.6 Å². The third-order valence-corrected chi connectivity index (χ3v) is 3.69. The van der Waals surface area contributed by atoms with Crippen LogP contribution in [0.15, 0.2) is 12.1 Å². The average Bonchev–Trinajstić information content (AvgIpc) is 2.94. The fraction of sp³-hybridized carbons (Fsp3) is 0.611. The number of carbonyl (C=O) groups excluding carboxylic acids is 3. The summed E-state index contributed by atoms with van der Waals surface area (Å²) < 4.78 is 10.6. The molecule has 164 valence electrons. The molecule has 0 aliphatic carbocycles. The summed E-state index contributed by atoms with van der Waals surface area (Å²) in [7, 11) is 1.38. The summed E-state index contributed by atoms with van der Waals surface area (Å²) >= 11 is 0. The zero-order chi connectivity index (χ0) is 22.0. The van der Waals surface area contributed by atoms with Crippen LogP contribution in [-0.4, -0.2) is 59.9 Å². The Bertz CT molecular complexity index is 676. The molecule has 0 radical (unpaired) electrons. The minimum Gasteiger partial charge on any atom is -0.492 e. The van der Waals surface area contributed by atoms with E-state index in [0.29, 0.717) is 11.3 Å². The highest BCUT2D eigenvalue weighted by Crippen LogP contribution is 2.19. The molecule has 4 N–H and O–H groups in total. The summed E-state index contributed by atoms with van der Waals surface area (Å²) in [6.45, 7) is 6.12. The molecule has 0 aromatic carbocycles. The molecule has 11 nitrogen and oxygen atoms in total. The van der Waals surface area contributed by atoms with Gasteiger partial charge in [0.2, 0.25) is 11.8 Å². The minimum atomic E-state index is -0.839. The van der Waals surface area contributed by atoms with Gasteiger partial charge in [0.05, 0.1) is 19.6 Å². The second-order valence-corrected chi connectivity index (χ2v) is 7.56. The molecule has 1 unspecified atom stereocenters. The Balaban J connectivity index is 2.57. The van der Waals surface area contributed by atoms with Crippen LogP contribution in [0.2, 0.25) is 0 Å². The first kappa shape index (κ1) is 23.9. The van der Waals surface area contributed by atoms with Crippen LogP contribution < -0.4 is 15.5 Å². The summed E-state index contributed by atoms with van der Waals surface area (Å²) in [5.74, 6) is -2.48. The van der Waals surface area contributed by atoms with E-state index >= 15 is 0 Å². The topological polar surface area (TPSA) is 148 Å². The molecule has 0 aliphatic rings. The number of nitrogens with one attached hydrogen (secondary N) is 2. The zero-order valence-corrected chi connectivity index (χ0v) is 17.1. The third-order valence-electron chi connectivity index (χ3n) is 3.69. The van der Waals surface area contributed by atoms with E-state index in [1.54, 1.807) is 0 Å². The van der Waals surface area contributed by atoms with Gasteiger partial charge in [0.15, 0.2) is 0 Å². The molecular weight excluding hydrogens is 386 g/mol. The van der Waals surface area contributed by atoms with Crippen molar-refractivity contribution >= 4 is 18.2 Å². The number of hydrogen-bond acceptors (Lipinski definition) is 8. The standard InChI is InChI=1S/C18H29N3O8/c1-18(2,3)7-8-20-17(26)28-11-12(10-27-16(25)19-4)9-15(24)29-21-13(22)5-6-14(21)23/h5-6,12,22-23H,7-11H2,1-4H3,(H,19,25)(H,20,26). The number of hydrogen-bond donors (Lipinski definition) is 4. The van der Waals surface area contributed by atoms with Crippen LogP contribution in [-0.2, 0) is 14.3 Å². The first-order chi connectivity index (χ1) is 13.5. The largest absolute Gasteiger partial charge is 0.492 e. The smallest absolute Gasteiger partial charge is 0.407 e. The molecule has 0 aliphatic heterocycles. The highest BCUT2D eigenvalue weighted by atomic mass is 16.7. The van der Waals surface area contributed by atoms with Gasteiger partial charge in [-0.1, -0.05) is 20.8 Å². The predicted octanol–water partition coefficient (Wildman–Crippen LogP) is 1.38. The van der Waals surface area contributed by atoms with Gasteiger partial charge in [-0.25, -0.2) is 14.4 Å². The van der Waals surface area contributed by atoms with Crippen LogP contribution in [0.4, 0.5) is 9.59 Å². The fourth-order valence-electron chi connectivity index (χ4n) is 2.09. The van der Waals surface area contributed by atoms with Gasteiger partial charge in [-0.2, -0.15) is 0 Å². The molecule has 1 aromatic rings. The predicted molar refractivity (Wildman–Crippen MR) is 101 cm³/mol. The third kappa shape index (κ3) is 9.58. The second-order valence-electron chi connectivity index (χ2n) is 7.56. The van der Waals surface area contributed by atoms with Gasteiger partial charge in [-0.3, -0.25) is 0 Å². The summed E-state index contributed by atoms with van der Waals surface area (Å²) in [6, 6.07) is 2.28. The van der Waals surface area contributed by atoms with E-state index in [2.05, 4.69) is 10.6 Å². The number of ether oxygens (including phenoxy) is 2. The van der Waals surface area contributed by atoms with Crippen molar-refractivity contribution in [1.29, 1.82) is 0 Å². The van der Waals surface area contributed by atoms with Crippen molar-refractivity contribution in [2.45, 2.75) is 33.6 Å². The van der Waals surface area contributed by atoms with Crippen molar-refractivity contribution in [3.63, 3.8) is 0 Å². The lowest BCUT2D eigenvalue weighted by molar-refractivity contribution is -0.147. The van der Waals surface area contributed by atoms with Crippen LogP contribution in [0.5, 0.6) is 11.8 Å². The summed E-state index contributed by atoms with van der Waals surface area (Å²) in [5, 5.41) is 23.9. The van der Waals surface area contributed by atoms with Crippen LogP contribution in [0.1, 0.15) is 33.6 Å². The molecule has 0 fully saturated rings. The van der Waals surface area contributed by atoms with Gasteiger partial charge >= 0.3 is 18.2 Å². The molecule has 0 spiro atoms. The number of carbonyl (C=O) groups is 3. The fourth-order valence-corrected chi connectivity index (χ4v) is 2.09. The van der Waals surface area contributed by atoms with Gasteiger partial charge in [0.1, 0.15) is 0 Å². The summed E-state index contributed by atoms with van der Waals surface area (Å²) in [6.07, 6.45) is -0.919. The van der Waals surface area contributed by atoms with E-state index in [4.69, 9.17) is 14.3 Å². The number of alkyl carbamates (subject to hydrolysis) is 2. The molecule has 29 heavy (non-hydrogen) atoms. The summed E-state index contributed by atoms with van der Waals surface area (Å²) in [5.41, 5.74) is 0.0521. The molecule has 1 aromatic heterocycles. The molecule has 11 heteroatoms. The Morgan fingerprint density at radius 1 is 1.07 bits per heavy atom. The van der Waals surface area contributed by atoms with Gasteiger partial charge in [0, 0.05) is 31.6 Å². The van der Waals surface area contributed by atoms with E-state index in [1.807, 2.05) is 20.8 Å². The second kappa shape index (κ2) is 11.0. The zero-order valence-electron chi connectivity index (χ0n) is 17.1. The van der Waals surface area contributed by atoms with Crippen LogP contribution in [0.3, 0.4) is 0 Å². The van der Waals surface area contributed by atoms with Crippen LogP contribution in [0, 0.1) is 11.3 Å². The van der Waals surface area contributed by atoms with Crippen molar-refractivity contribution < 1.29 is 38.9 Å². The van der Waals surface area contributed by atoms with E-state index in [-0.39, 0.29) is 25.0 Å². The first-order valence-corrected chi connectivity index (χ1v) is 9.08. The lowest BCUT2D eigenvalue weighted by Crippen LogP contribution is -2.32. The number of rotatable bonds is 9. The quantitative estimate of drug-likeness (QED) is 0.473. The Morgan fingerprint density at radius 2 is 1.62 bits per heavy atom. The highest BCUT2D eigenvalue weighted by Gasteiger charge is 2.22.